The molecule has 0 spiro atoms. The van der Waals surface area contributed by atoms with Gasteiger partial charge in [-0.1, -0.05) is 13.8 Å². The Morgan fingerprint density at radius 1 is 1.22 bits per heavy atom. The number of nitrogens with one attached hydrogen (secondary N) is 1. The number of hydrogen-bond acceptors (Lipinski definition) is 4. The lowest BCUT2D eigenvalue weighted by Gasteiger charge is -2.07. The third-order valence-electron chi connectivity index (χ3n) is 3.26. The number of hydrogen-bond donors (Lipinski definition) is 1. The molecule has 0 aromatic carbocycles. The van der Waals surface area contributed by atoms with Crippen LogP contribution in [0.3, 0.4) is 0 Å². The van der Waals surface area contributed by atoms with E-state index in [9.17, 15) is 0 Å². The summed E-state index contributed by atoms with van der Waals surface area (Å²) in [7, 11) is 1.93. The summed E-state index contributed by atoms with van der Waals surface area (Å²) in [6, 6.07) is 0. The topological polar surface area (TPSA) is 37.8 Å². The molecule has 0 unspecified atom stereocenters. The average molecular weight is 263 g/mol. The van der Waals surface area contributed by atoms with Crippen LogP contribution < -0.4 is 5.32 Å². The standard InChI is InChI=1S/C14H21N3S/c1-8(2)6-7-11-16-13(15-5)12-9(3)10(4)18-14(12)17-11/h8H,6-7H2,1-5H3,(H,15,16,17). The first-order valence-corrected chi connectivity index (χ1v) is 7.29. The van der Waals surface area contributed by atoms with Gasteiger partial charge in [0.05, 0.1) is 5.39 Å². The third-order valence-corrected chi connectivity index (χ3v) is 4.36. The van der Waals surface area contributed by atoms with Crippen molar-refractivity contribution >= 4 is 27.4 Å². The Morgan fingerprint density at radius 3 is 2.56 bits per heavy atom. The van der Waals surface area contributed by atoms with Crippen LogP contribution in [0.5, 0.6) is 0 Å². The second kappa shape index (κ2) is 5.22. The van der Waals surface area contributed by atoms with Gasteiger partial charge in [0.2, 0.25) is 0 Å². The summed E-state index contributed by atoms with van der Waals surface area (Å²) >= 11 is 1.77. The molecule has 2 aromatic heterocycles. The van der Waals surface area contributed by atoms with Gasteiger partial charge in [-0.3, -0.25) is 0 Å². The molecule has 18 heavy (non-hydrogen) atoms. The Hall–Kier alpha value is -1.16. The number of anilines is 1. The molecule has 0 fully saturated rings. The largest absolute Gasteiger partial charge is 0.372 e. The van der Waals surface area contributed by atoms with Crippen LogP contribution in [-0.2, 0) is 6.42 Å². The van der Waals surface area contributed by atoms with Gasteiger partial charge in [-0.25, -0.2) is 9.97 Å². The first kappa shape index (κ1) is 13.3. The fraction of sp³-hybridized carbons (Fsp3) is 0.571. The molecule has 2 aromatic rings. The smallest absolute Gasteiger partial charge is 0.138 e. The summed E-state index contributed by atoms with van der Waals surface area (Å²) in [4.78, 5) is 11.8. The minimum atomic E-state index is 0.689. The van der Waals surface area contributed by atoms with Gasteiger partial charge in [-0.15, -0.1) is 11.3 Å². The van der Waals surface area contributed by atoms with E-state index in [0.717, 1.165) is 29.3 Å². The summed E-state index contributed by atoms with van der Waals surface area (Å²) in [6.07, 6.45) is 2.09. The number of rotatable bonds is 4. The van der Waals surface area contributed by atoms with Gasteiger partial charge in [0.15, 0.2) is 0 Å². The molecule has 0 bridgehead atoms. The zero-order valence-electron chi connectivity index (χ0n) is 11.8. The van der Waals surface area contributed by atoms with Gasteiger partial charge in [-0.2, -0.15) is 0 Å². The van der Waals surface area contributed by atoms with Crippen LogP contribution in [0, 0.1) is 19.8 Å². The summed E-state index contributed by atoms with van der Waals surface area (Å²) in [5, 5.41) is 4.40. The van der Waals surface area contributed by atoms with Crippen LogP contribution in [0.25, 0.3) is 10.2 Å². The summed E-state index contributed by atoms with van der Waals surface area (Å²) in [5.41, 5.74) is 1.30. The molecule has 0 radical (unpaired) electrons. The SMILES string of the molecule is CNc1nc(CCC(C)C)nc2sc(C)c(C)c12. The van der Waals surface area contributed by atoms with Gasteiger partial charge in [-0.05, 0) is 31.7 Å². The zero-order chi connectivity index (χ0) is 13.3. The molecule has 0 aliphatic rings. The quantitative estimate of drug-likeness (QED) is 0.908. The lowest BCUT2D eigenvalue weighted by atomic mass is 10.1. The fourth-order valence-electron chi connectivity index (χ4n) is 2.00. The van der Waals surface area contributed by atoms with E-state index in [4.69, 9.17) is 4.98 Å². The van der Waals surface area contributed by atoms with E-state index < -0.39 is 0 Å². The Labute approximate surface area is 113 Å². The lowest BCUT2D eigenvalue weighted by molar-refractivity contribution is 0.576. The Balaban J connectivity index is 2.46. The predicted octanol–water partition coefficient (Wildman–Crippen LogP) is 3.94. The van der Waals surface area contributed by atoms with Crippen molar-refractivity contribution in [2.75, 3.05) is 12.4 Å². The highest BCUT2D eigenvalue weighted by molar-refractivity contribution is 7.18. The fourth-order valence-corrected chi connectivity index (χ4v) is 3.05. The first-order chi connectivity index (χ1) is 8.52. The van der Waals surface area contributed by atoms with Gasteiger partial charge in [0, 0.05) is 18.3 Å². The molecule has 0 aliphatic carbocycles. The van der Waals surface area contributed by atoms with Crippen LogP contribution >= 0.6 is 11.3 Å². The van der Waals surface area contributed by atoms with E-state index in [1.807, 2.05) is 7.05 Å². The summed E-state index contributed by atoms with van der Waals surface area (Å²) < 4.78 is 0. The summed E-state index contributed by atoms with van der Waals surface area (Å²) in [5.74, 6) is 2.62. The minimum Gasteiger partial charge on any atom is -0.372 e. The van der Waals surface area contributed by atoms with Gasteiger partial charge < -0.3 is 5.32 Å². The lowest BCUT2D eigenvalue weighted by Crippen LogP contribution is -2.02. The minimum absolute atomic E-state index is 0.689. The molecular formula is C14H21N3S. The molecule has 0 aliphatic heterocycles. The van der Waals surface area contributed by atoms with Crippen LogP contribution in [-0.4, -0.2) is 17.0 Å². The van der Waals surface area contributed by atoms with Crippen molar-refractivity contribution in [3.8, 4) is 0 Å². The monoisotopic (exact) mass is 263 g/mol. The van der Waals surface area contributed by atoms with Gasteiger partial charge >= 0.3 is 0 Å². The normalized spacial score (nSPS) is 11.4. The van der Waals surface area contributed by atoms with Crippen molar-refractivity contribution in [2.45, 2.75) is 40.5 Å². The van der Waals surface area contributed by atoms with E-state index >= 15 is 0 Å². The number of fused-ring (bicyclic) bond motifs is 1. The molecule has 1 N–H and O–H groups in total. The molecule has 0 atom stereocenters. The van der Waals surface area contributed by atoms with Crippen LogP contribution in [0.1, 0.15) is 36.5 Å². The zero-order valence-corrected chi connectivity index (χ0v) is 12.6. The Bertz CT molecular complexity index is 558. The van der Waals surface area contributed by atoms with E-state index in [0.29, 0.717) is 5.92 Å². The Morgan fingerprint density at radius 2 is 1.94 bits per heavy atom. The van der Waals surface area contributed by atoms with E-state index in [-0.39, 0.29) is 0 Å². The number of aryl methyl sites for hydroxylation is 3. The van der Waals surface area contributed by atoms with Gasteiger partial charge in [0.1, 0.15) is 16.5 Å². The highest BCUT2D eigenvalue weighted by Gasteiger charge is 2.13. The molecule has 3 nitrogen and oxygen atoms in total. The van der Waals surface area contributed by atoms with Crippen molar-refractivity contribution in [3.05, 3.63) is 16.3 Å². The summed E-state index contributed by atoms with van der Waals surface area (Å²) in [6.45, 7) is 8.76. The molecule has 0 saturated carbocycles. The van der Waals surface area contributed by atoms with Crippen LogP contribution in [0.2, 0.25) is 0 Å². The first-order valence-electron chi connectivity index (χ1n) is 6.47. The van der Waals surface area contributed by atoms with Gasteiger partial charge in [0.25, 0.3) is 0 Å². The second-order valence-corrected chi connectivity index (χ2v) is 6.34. The van der Waals surface area contributed by atoms with E-state index in [1.165, 1.54) is 15.8 Å². The average Bonchev–Trinajstić information content (AvgIpc) is 2.61. The van der Waals surface area contributed by atoms with Crippen molar-refractivity contribution in [1.82, 2.24) is 9.97 Å². The molecule has 4 heteroatoms. The second-order valence-electron chi connectivity index (χ2n) is 5.13. The van der Waals surface area contributed by atoms with Crippen LogP contribution in [0.15, 0.2) is 0 Å². The number of thiophene rings is 1. The number of aromatic nitrogens is 2. The molecule has 2 heterocycles. The van der Waals surface area contributed by atoms with Crippen molar-refractivity contribution in [2.24, 2.45) is 5.92 Å². The molecule has 0 saturated heterocycles. The highest BCUT2D eigenvalue weighted by Crippen LogP contribution is 2.33. The molecule has 0 amide bonds. The maximum absolute atomic E-state index is 4.70. The van der Waals surface area contributed by atoms with Crippen molar-refractivity contribution in [3.63, 3.8) is 0 Å². The van der Waals surface area contributed by atoms with Crippen LogP contribution in [0.4, 0.5) is 5.82 Å². The Kier molecular flexibility index (Phi) is 3.85. The van der Waals surface area contributed by atoms with Crippen molar-refractivity contribution in [1.29, 1.82) is 0 Å². The maximum atomic E-state index is 4.70. The van der Waals surface area contributed by atoms with E-state index in [1.54, 1.807) is 11.3 Å². The highest BCUT2D eigenvalue weighted by atomic mass is 32.1. The molecule has 98 valence electrons. The molecular weight excluding hydrogens is 242 g/mol. The van der Waals surface area contributed by atoms with Crippen molar-refractivity contribution < 1.29 is 0 Å². The molecule has 2 rings (SSSR count). The maximum Gasteiger partial charge on any atom is 0.138 e. The predicted molar refractivity (Wildman–Crippen MR) is 79.6 cm³/mol. The third kappa shape index (κ3) is 2.48. The number of nitrogens with zero attached hydrogens (tertiary/aromatic N) is 2. The van der Waals surface area contributed by atoms with E-state index in [2.05, 4.69) is 38.0 Å².